The van der Waals surface area contributed by atoms with Crippen LogP contribution >= 0.6 is 0 Å². The van der Waals surface area contributed by atoms with Crippen LogP contribution in [0.3, 0.4) is 0 Å². The molecule has 104 valence electrons. The smallest absolute Gasteiger partial charge is 0.231 e. The highest BCUT2D eigenvalue weighted by molar-refractivity contribution is 6.01. The molecule has 1 aromatic carbocycles. The van der Waals surface area contributed by atoms with Gasteiger partial charge in [0.05, 0.1) is 6.42 Å². The van der Waals surface area contributed by atoms with Crippen molar-refractivity contribution in [2.45, 2.75) is 38.8 Å². The Labute approximate surface area is 115 Å². The van der Waals surface area contributed by atoms with Crippen molar-refractivity contribution in [3.05, 3.63) is 29.3 Å². The lowest BCUT2D eigenvalue weighted by Crippen LogP contribution is -2.38. The van der Waals surface area contributed by atoms with Crippen LogP contribution in [-0.2, 0) is 17.8 Å². The highest BCUT2D eigenvalue weighted by Crippen LogP contribution is 2.30. The summed E-state index contributed by atoms with van der Waals surface area (Å²) in [5, 5.41) is 3.13. The van der Waals surface area contributed by atoms with E-state index >= 15 is 0 Å². The van der Waals surface area contributed by atoms with Crippen LogP contribution in [0.15, 0.2) is 18.2 Å². The van der Waals surface area contributed by atoms with Crippen LogP contribution in [0.1, 0.15) is 31.4 Å². The summed E-state index contributed by atoms with van der Waals surface area (Å²) >= 11 is 0. The third kappa shape index (κ3) is 3.33. The van der Waals surface area contributed by atoms with Gasteiger partial charge in [0.2, 0.25) is 5.91 Å². The molecular formula is C15H23N3O. The number of carbonyl (C=O) groups excluding carboxylic acids is 1. The fourth-order valence-electron chi connectivity index (χ4n) is 2.40. The van der Waals surface area contributed by atoms with Crippen LogP contribution in [0.2, 0.25) is 0 Å². The fraction of sp³-hybridized carbons (Fsp3) is 0.533. The molecule has 0 bridgehead atoms. The van der Waals surface area contributed by atoms with Gasteiger partial charge in [-0.1, -0.05) is 12.1 Å². The van der Waals surface area contributed by atoms with Gasteiger partial charge in [-0.2, -0.15) is 0 Å². The maximum atomic E-state index is 12.1. The van der Waals surface area contributed by atoms with Gasteiger partial charge in [0.15, 0.2) is 0 Å². The Morgan fingerprint density at radius 1 is 1.42 bits per heavy atom. The molecule has 4 nitrogen and oxygen atoms in total. The number of nitrogens with zero attached hydrogens (tertiary/aromatic N) is 1. The Balaban J connectivity index is 2.15. The molecule has 1 aromatic rings. The van der Waals surface area contributed by atoms with Crippen molar-refractivity contribution in [2.24, 2.45) is 5.73 Å². The number of nitrogens with two attached hydrogens (primary N) is 1. The minimum absolute atomic E-state index is 0.181. The van der Waals surface area contributed by atoms with Crippen LogP contribution < -0.4 is 16.0 Å². The summed E-state index contributed by atoms with van der Waals surface area (Å²) in [4.78, 5) is 14.0. The van der Waals surface area contributed by atoms with E-state index in [1.54, 1.807) is 0 Å². The Morgan fingerprint density at radius 3 is 2.79 bits per heavy atom. The molecule has 0 unspecified atom stereocenters. The molecule has 0 saturated heterocycles. The molecule has 4 heteroatoms. The van der Waals surface area contributed by atoms with Gasteiger partial charge in [0.1, 0.15) is 0 Å². The maximum Gasteiger partial charge on any atom is 0.231 e. The van der Waals surface area contributed by atoms with Crippen LogP contribution in [0.25, 0.3) is 0 Å². The predicted octanol–water partition coefficient (Wildman–Crippen LogP) is 1.42. The van der Waals surface area contributed by atoms with Crippen LogP contribution in [0, 0.1) is 0 Å². The Kier molecular flexibility index (Phi) is 3.92. The summed E-state index contributed by atoms with van der Waals surface area (Å²) in [5.41, 5.74) is 9.16. The lowest BCUT2D eigenvalue weighted by molar-refractivity contribution is -0.117. The average molecular weight is 261 g/mol. The second-order valence-corrected chi connectivity index (χ2v) is 5.95. The Hall–Kier alpha value is -1.39. The first-order valence-electron chi connectivity index (χ1n) is 6.76. The van der Waals surface area contributed by atoms with Crippen molar-refractivity contribution in [3.63, 3.8) is 0 Å². The second kappa shape index (κ2) is 5.31. The van der Waals surface area contributed by atoms with Gasteiger partial charge < -0.3 is 16.0 Å². The molecule has 1 aliphatic heterocycles. The number of amides is 1. The molecule has 0 spiro atoms. The number of anilines is 1. The largest absolute Gasteiger partial charge is 0.325 e. The normalized spacial score (nSPS) is 14.9. The van der Waals surface area contributed by atoms with Crippen LogP contribution in [0.4, 0.5) is 5.69 Å². The van der Waals surface area contributed by atoms with E-state index in [0.717, 1.165) is 24.2 Å². The third-order valence-electron chi connectivity index (χ3n) is 3.44. The zero-order valence-corrected chi connectivity index (χ0v) is 12.0. The summed E-state index contributed by atoms with van der Waals surface area (Å²) in [5.74, 6) is 0.181. The molecule has 2 rings (SSSR count). The number of nitrogens with one attached hydrogen (secondary N) is 1. The number of carbonyl (C=O) groups is 1. The highest BCUT2D eigenvalue weighted by atomic mass is 16.2. The number of rotatable bonds is 5. The van der Waals surface area contributed by atoms with Crippen LogP contribution in [0.5, 0.6) is 0 Å². The molecule has 0 fully saturated rings. The molecule has 1 amide bonds. The topological polar surface area (TPSA) is 58.4 Å². The maximum absolute atomic E-state index is 12.1. The Morgan fingerprint density at radius 2 is 2.16 bits per heavy atom. The van der Waals surface area contributed by atoms with E-state index in [0.29, 0.717) is 13.0 Å². The van der Waals surface area contributed by atoms with Gasteiger partial charge in [-0.3, -0.25) is 4.79 Å². The molecule has 3 N–H and O–H groups in total. The molecule has 0 aliphatic carbocycles. The molecule has 0 aromatic heterocycles. The van der Waals surface area contributed by atoms with Gasteiger partial charge in [0, 0.05) is 24.3 Å². The zero-order chi connectivity index (χ0) is 14.0. The minimum atomic E-state index is -0.241. The van der Waals surface area contributed by atoms with E-state index in [1.165, 1.54) is 5.56 Å². The third-order valence-corrected chi connectivity index (χ3v) is 3.44. The first-order chi connectivity index (χ1) is 8.90. The Bertz CT molecular complexity index is 477. The summed E-state index contributed by atoms with van der Waals surface area (Å²) < 4.78 is 0. The fourth-order valence-corrected chi connectivity index (χ4v) is 2.40. The highest BCUT2D eigenvalue weighted by Gasteiger charge is 2.28. The lowest BCUT2D eigenvalue weighted by atomic mass is 10.0. The number of hydrogen-bond donors (Lipinski definition) is 2. The summed E-state index contributed by atoms with van der Waals surface area (Å²) in [6.45, 7) is 5.51. The van der Waals surface area contributed by atoms with Gasteiger partial charge in [-0.25, -0.2) is 0 Å². The molecule has 0 radical (unpaired) electrons. The molecule has 19 heavy (non-hydrogen) atoms. The van der Waals surface area contributed by atoms with Gasteiger partial charge in [0.25, 0.3) is 0 Å². The van der Waals surface area contributed by atoms with Crippen LogP contribution in [-0.4, -0.2) is 25.0 Å². The van der Waals surface area contributed by atoms with E-state index in [2.05, 4.69) is 23.5 Å². The number of hydrogen-bond acceptors (Lipinski definition) is 3. The molecule has 1 heterocycles. The quantitative estimate of drug-likeness (QED) is 0.843. The lowest BCUT2D eigenvalue weighted by Gasteiger charge is -2.24. The summed E-state index contributed by atoms with van der Waals surface area (Å²) in [6, 6.07) is 6.25. The van der Waals surface area contributed by atoms with E-state index in [-0.39, 0.29) is 11.4 Å². The van der Waals surface area contributed by atoms with Crippen molar-refractivity contribution in [2.75, 3.05) is 18.5 Å². The van der Waals surface area contributed by atoms with E-state index in [9.17, 15) is 4.79 Å². The predicted molar refractivity (Wildman–Crippen MR) is 78.1 cm³/mol. The average Bonchev–Trinajstić information content (AvgIpc) is 2.61. The zero-order valence-electron chi connectivity index (χ0n) is 12.0. The standard InChI is InChI=1S/C15H23N3O/c1-15(2,16)6-7-18-13-5-4-11(10-17-3)8-12(13)9-14(18)19/h4-5,8,17H,6-7,9-10,16H2,1-3H3. The number of benzene rings is 1. The first-order valence-corrected chi connectivity index (χ1v) is 6.76. The van der Waals surface area contributed by atoms with Gasteiger partial charge in [-0.15, -0.1) is 0 Å². The molecule has 0 atom stereocenters. The SMILES string of the molecule is CNCc1ccc2c(c1)CC(=O)N2CCC(C)(C)N. The van der Waals surface area contributed by atoms with E-state index in [1.807, 2.05) is 25.8 Å². The summed E-state index contributed by atoms with van der Waals surface area (Å²) in [7, 11) is 1.92. The van der Waals surface area contributed by atoms with Crippen molar-refractivity contribution in [1.82, 2.24) is 5.32 Å². The molecule has 0 saturated carbocycles. The second-order valence-electron chi connectivity index (χ2n) is 5.95. The van der Waals surface area contributed by atoms with Gasteiger partial charge >= 0.3 is 0 Å². The molecular weight excluding hydrogens is 238 g/mol. The summed E-state index contributed by atoms with van der Waals surface area (Å²) in [6.07, 6.45) is 1.31. The van der Waals surface area contributed by atoms with Gasteiger partial charge in [-0.05, 0) is 44.5 Å². The monoisotopic (exact) mass is 261 g/mol. The number of fused-ring (bicyclic) bond motifs is 1. The first kappa shape index (κ1) is 14.0. The van der Waals surface area contributed by atoms with Crippen molar-refractivity contribution in [3.8, 4) is 0 Å². The molecule has 1 aliphatic rings. The van der Waals surface area contributed by atoms with E-state index in [4.69, 9.17) is 5.73 Å². The van der Waals surface area contributed by atoms with Crippen molar-refractivity contribution in [1.29, 1.82) is 0 Å². The van der Waals surface area contributed by atoms with Crippen molar-refractivity contribution < 1.29 is 4.79 Å². The minimum Gasteiger partial charge on any atom is -0.325 e. The van der Waals surface area contributed by atoms with E-state index < -0.39 is 0 Å². The van der Waals surface area contributed by atoms with Crippen molar-refractivity contribution >= 4 is 11.6 Å².